The van der Waals surface area contributed by atoms with Crippen LogP contribution in [-0.4, -0.2) is 49.0 Å². The Hall–Kier alpha value is -0.330. The summed E-state index contributed by atoms with van der Waals surface area (Å²) in [7, 11) is -3.21. The second-order valence-electron chi connectivity index (χ2n) is 2.95. The smallest absolute Gasteiger partial charge is 0.235 e. The summed E-state index contributed by atoms with van der Waals surface area (Å²) in [5.41, 5.74) is 0. The lowest BCUT2D eigenvalue weighted by atomic mass is 10.2. The summed E-state index contributed by atoms with van der Waals surface area (Å²) in [6, 6.07) is -0.712. The summed E-state index contributed by atoms with van der Waals surface area (Å²) >= 11 is 5.21. The molecule has 76 valence electrons. The van der Waals surface area contributed by atoms with Crippen molar-refractivity contribution >= 4 is 27.3 Å². The summed E-state index contributed by atoms with van der Waals surface area (Å²) in [5, 5.41) is 11.6. The van der Waals surface area contributed by atoms with Gasteiger partial charge in [-0.3, -0.25) is 4.79 Å². The maximum absolute atomic E-state index is 11.0. The normalized spacial score (nSPS) is 31.5. The lowest BCUT2D eigenvalue weighted by Gasteiger charge is -2.13. The van der Waals surface area contributed by atoms with E-state index >= 15 is 0 Å². The third kappa shape index (κ3) is 2.82. The Bertz CT molecular complexity index is 302. The fourth-order valence-electron chi connectivity index (χ4n) is 1.21. The van der Waals surface area contributed by atoms with E-state index in [9.17, 15) is 18.3 Å². The molecule has 1 rings (SSSR count). The second-order valence-corrected chi connectivity index (χ2v) is 5.37. The van der Waals surface area contributed by atoms with Crippen molar-refractivity contribution in [2.45, 2.75) is 12.1 Å². The molecule has 0 aromatic carbocycles. The lowest BCUT2D eigenvalue weighted by Crippen LogP contribution is -2.43. The fraction of sp³-hybridized carbons (Fsp3) is 0.833. The fourth-order valence-corrected chi connectivity index (χ4v) is 3.03. The molecule has 1 saturated heterocycles. The van der Waals surface area contributed by atoms with Crippen LogP contribution in [0.25, 0.3) is 0 Å². The molecule has 13 heavy (non-hydrogen) atoms. The van der Waals surface area contributed by atoms with E-state index in [1.807, 2.05) is 0 Å². The minimum atomic E-state index is -3.21. The molecule has 2 atom stereocenters. The van der Waals surface area contributed by atoms with Crippen LogP contribution < -0.4 is 5.32 Å². The van der Waals surface area contributed by atoms with E-state index in [2.05, 4.69) is 5.32 Å². The molecule has 0 radical (unpaired) electrons. The number of aliphatic hydroxyl groups excluding tert-OH is 1. The average Bonchev–Trinajstić information content (AvgIpc) is 2.24. The molecule has 0 unspecified atom stereocenters. The van der Waals surface area contributed by atoms with Gasteiger partial charge in [0.2, 0.25) is 5.91 Å². The van der Waals surface area contributed by atoms with Crippen LogP contribution in [0.4, 0.5) is 0 Å². The number of hydrogen-bond acceptors (Lipinski definition) is 4. The van der Waals surface area contributed by atoms with Gasteiger partial charge in [0, 0.05) is 0 Å². The Morgan fingerprint density at radius 1 is 1.54 bits per heavy atom. The van der Waals surface area contributed by atoms with E-state index in [1.165, 1.54) is 0 Å². The molecular weight excluding hydrogens is 218 g/mol. The first-order valence-electron chi connectivity index (χ1n) is 3.68. The molecule has 0 aromatic heterocycles. The third-order valence-electron chi connectivity index (χ3n) is 1.79. The lowest BCUT2D eigenvalue weighted by molar-refractivity contribution is -0.119. The van der Waals surface area contributed by atoms with Crippen molar-refractivity contribution in [3.05, 3.63) is 0 Å². The van der Waals surface area contributed by atoms with Gasteiger partial charge in [0.05, 0.1) is 23.7 Å². The van der Waals surface area contributed by atoms with Crippen LogP contribution in [0.2, 0.25) is 0 Å². The zero-order valence-electron chi connectivity index (χ0n) is 6.73. The highest BCUT2D eigenvalue weighted by Gasteiger charge is 2.36. The summed E-state index contributed by atoms with van der Waals surface area (Å²) in [6.07, 6.45) is -1.02. The second kappa shape index (κ2) is 3.81. The third-order valence-corrected chi connectivity index (χ3v) is 3.75. The number of alkyl halides is 1. The van der Waals surface area contributed by atoms with E-state index in [4.69, 9.17) is 11.6 Å². The maximum atomic E-state index is 11.0. The summed E-state index contributed by atoms with van der Waals surface area (Å²) in [6.45, 7) is 0. The van der Waals surface area contributed by atoms with Gasteiger partial charge in [-0.05, 0) is 0 Å². The zero-order chi connectivity index (χ0) is 10.1. The summed E-state index contributed by atoms with van der Waals surface area (Å²) in [4.78, 5) is 10.8. The Morgan fingerprint density at radius 3 is 2.54 bits per heavy atom. The Labute approximate surface area is 81.0 Å². The van der Waals surface area contributed by atoms with Gasteiger partial charge < -0.3 is 10.4 Å². The number of amides is 1. The molecule has 0 aliphatic carbocycles. The highest BCUT2D eigenvalue weighted by Crippen LogP contribution is 2.12. The van der Waals surface area contributed by atoms with E-state index in [0.717, 1.165) is 0 Å². The van der Waals surface area contributed by atoms with Gasteiger partial charge in [0.15, 0.2) is 9.84 Å². The van der Waals surface area contributed by atoms with Crippen molar-refractivity contribution < 1.29 is 18.3 Å². The van der Waals surface area contributed by atoms with E-state index in [0.29, 0.717) is 0 Å². The number of sulfone groups is 1. The number of carbonyl (C=O) groups excluding carboxylic acids is 1. The van der Waals surface area contributed by atoms with Gasteiger partial charge in [-0.15, -0.1) is 11.6 Å². The van der Waals surface area contributed by atoms with Gasteiger partial charge in [-0.2, -0.15) is 0 Å². The van der Waals surface area contributed by atoms with Crippen LogP contribution in [0.3, 0.4) is 0 Å². The number of rotatable bonds is 2. The van der Waals surface area contributed by atoms with Crippen molar-refractivity contribution in [3.63, 3.8) is 0 Å². The van der Waals surface area contributed by atoms with Crippen molar-refractivity contribution in [3.8, 4) is 0 Å². The Kier molecular flexibility index (Phi) is 3.15. The first-order chi connectivity index (χ1) is 5.94. The number of carbonyl (C=O) groups is 1. The van der Waals surface area contributed by atoms with Crippen LogP contribution in [0.15, 0.2) is 0 Å². The summed E-state index contributed by atoms with van der Waals surface area (Å²) in [5.74, 6) is -1.21. The molecule has 1 heterocycles. The molecule has 0 bridgehead atoms. The van der Waals surface area contributed by atoms with Crippen molar-refractivity contribution in [2.24, 2.45) is 0 Å². The first kappa shape index (κ1) is 10.7. The van der Waals surface area contributed by atoms with Crippen LogP contribution in [0.1, 0.15) is 0 Å². The molecule has 5 nitrogen and oxygen atoms in total. The predicted octanol–water partition coefficient (Wildman–Crippen LogP) is -1.50. The highest BCUT2D eigenvalue weighted by atomic mass is 35.5. The molecule has 1 aliphatic rings. The number of halogens is 1. The van der Waals surface area contributed by atoms with Crippen molar-refractivity contribution in [2.75, 3.05) is 17.4 Å². The molecule has 2 N–H and O–H groups in total. The van der Waals surface area contributed by atoms with E-state index in [1.54, 1.807) is 0 Å². The molecular formula is C6H10ClNO4S. The monoisotopic (exact) mass is 227 g/mol. The van der Waals surface area contributed by atoms with Crippen molar-refractivity contribution in [1.82, 2.24) is 5.32 Å². The Morgan fingerprint density at radius 2 is 2.15 bits per heavy atom. The minimum absolute atomic E-state index is 0.212. The molecule has 1 fully saturated rings. The van der Waals surface area contributed by atoms with Gasteiger partial charge in [-0.25, -0.2) is 8.42 Å². The zero-order valence-corrected chi connectivity index (χ0v) is 8.31. The Balaban J connectivity index is 2.59. The number of hydrogen-bond donors (Lipinski definition) is 2. The van der Waals surface area contributed by atoms with Crippen LogP contribution in [-0.2, 0) is 14.6 Å². The van der Waals surface area contributed by atoms with Crippen LogP contribution in [0.5, 0.6) is 0 Å². The van der Waals surface area contributed by atoms with Gasteiger partial charge in [-0.1, -0.05) is 0 Å². The highest BCUT2D eigenvalue weighted by molar-refractivity contribution is 7.91. The topological polar surface area (TPSA) is 83.5 Å². The van der Waals surface area contributed by atoms with Crippen LogP contribution >= 0.6 is 11.6 Å². The number of aliphatic hydroxyl groups is 1. The van der Waals surface area contributed by atoms with E-state index in [-0.39, 0.29) is 17.4 Å². The largest absolute Gasteiger partial charge is 0.390 e. The van der Waals surface area contributed by atoms with E-state index < -0.39 is 27.9 Å². The maximum Gasteiger partial charge on any atom is 0.235 e. The molecule has 0 aromatic rings. The number of nitrogens with one attached hydrogen (secondary N) is 1. The SMILES string of the molecule is O=C(CCl)N[C@@H]1CS(=O)(=O)C[C@@H]1O. The molecule has 1 amide bonds. The standard InChI is InChI=1S/C6H10ClNO4S/c7-1-6(10)8-4-2-13(11,12)3-5(4)9/h4-5,9H,1-3H2,(H,8,10)/t4-,5+/m1/s1. The molecule has 1 aliphatic heterocycles. The van der Waals surface area contributed by atoms with Gasteiger partial charge in [0.1, 0.15) is 5.88 Å². The quantitative estimate of drug-likeness (QED) is 0.563. The van der Waals surface area contributed by atoms with Gasteiger partial charge in [0.25, 0.3) is 0 Å². The average molecular weight is 228 g/mol. The minimum Gasteiger partial charge on any atom is -0.390 e. The van der Waals surface area contributed by atoms with Crippen molar-refractivity contribution in [1.29, 1.82) is 0 Å². The molecule has 0 spiro atoms. The van der Waals surface area contributed by atoms with Gasteiger partial charge >= 0.3 is 0 Å². The van der Waals surface area contributed by atoms with Crippen LogP contribution in [0, 0.1) is 0 Å². The summed E-state index contributed by atoms with van der Waals surface area (Å²) < 4.78 is 22.0. The molecule has 7 heteroatoms. The first-order valence-corrected chi connectivity index (χ1v) is 6.04. The predicted molar refractivity (Wildman–Crippen MR) is 47.3 cm³/mol. The molecule has 0 saturated carbocycles.